The first kappa shape index (κ1) is 61.0. The fourth-order valence-corrected chi connectivity index (χ4v) is 9.02. The number of hydrogen-bond acceptors (Lipinski definition) is 0. The number of benzene rings is 8. The van der Waals surface area contributed by atoms with E-state index in [0.717, 1.165) is 0 Å². The van der Waals surface area contributed by atoms with Gasteiger partial charge in [-0.25, -0.2) is 0 Å². The van der Waals surface area contributed by atoms with Crippen LogP contribution in [0.4, 0.5) is 0 Å². The molecular weight excluding hydrogens is 1310 g/mol. The smallest absolute Gasteiger partial charge is 1.00 e. The summed E-state index contributed by atoms with van der Waals surface area (Å²) in [5.74, 6) is 0. The van der Waals surface area contributed by atoms with Crippen LogP contribution in [-0.2, 0) is 39.8 Å². The van der Waals surface area contributed by atoms with Crippen molar-refractivity contribution in [2.24, 2.45) is 0 Å². The standard InChI is InChI=1S/4C16H13.4CH3.2ClH.2Sn.2Zr/c4*1-12-10-14-8-5-9-15(16(14)11-12)13-6-3-2-4-7-13;;;;;;;;;;/h4*2-11H,1H3;4*1H3;2*1H;;;;/q4*-1;;;;;;;;;2*+2/p-2. The van der Waals surface area contributed by atoms with Gasteiger partial charge in [-0.3, -0.25) is 0 Å². The van der Waals surface area contributed by atoms with E-state index in [4.69, 9.17) is 0 Å². The predicted molar refractivity (Wildman–Crippen MR) is 314 cm³/mol. The number of aryl methyl sites for hydroxylation is 4. The zero-order valence-electron chi connectivity index (χ0n) is 43.8. The van der Waals surface area contributed by atoms with Gasteiger partial charge in [0, 0.05) is 0 Å². The van der Waals surface area contributed by atoms with Crippen molar-refractivity contribution in [2.75, 3.05) is 0 Å². The van der Waals surface area contributed by atoms with Crippen LogP contribution in [0.5, 0.6) is 0 Å². The molecule has 12 rings (SSSR count). The molecular formula is C68H64Cl2Sn2Zr2-2. The van der Waals surface area contributed by atoms with Crippen molar-refractivity contribution in [3.8, 4) is 44.5 Å². The van der Waals surface area contributed by atoms with Gasteiger partial charge in [-0.1, -0.05) is 196 Å². The van der Waals surface area contributed by atoms with Gasteiger partial charge in [0.25, 0.3) is 0 Å². The minimum Gasteiger partial charge on any atom is -1.00 e. The normalized spacial score (nSPS) is 10.1. The van der Waals surface area contributed by atoms with Crippen LogP contribution in [0.3, 0.4) is 0 Å². The van der Waals surface area contributed by atoms with Gasteiger partial charge in [-0.15, -0.1) is 138 Å². The summed E-state index contributed by atoms with van der Waals surface area (Å²) in [6.07, 6.45) is 0. The Kier molecular flexibility index (Phi) is 25.4. The SMILES string of the molecule is Cc1cc2c(-c3ccccc3)cccc2[cH-]1.Cc1cc2c(-c3ccccc3)cccc2[cH-]1.Cc1cc2c(-c3ccccc3)cccc2[cH-]1.Cc1cc2c(-c3ccccc3)cccc2[cH-]1.[CH3][Sn]([CH3])=[Zr+2].[CH3][Sn]([CH3])=[Zr+2].[Cl-].[Cl-]. The summed E-state index contributed by atoms with van der Waals surface area (Å²) in [6, 6.07) is 86.2. The second kappa shape index (κ2) is 30.8. The molecule has 0 aromatic heterocycles. The molecule has 0 aliphatic rings. The Labute approximate surface area is 487 Å². The van der Waals surface area contributed by atoms with Crippen molar-refractivity contribution in [3.05, 3.63) is 265 Å². The minimum atomic E-state index is -0.453. The maximum absolute atomic E-state index is 2.40. The molecule has 0 aliphatic carbocycles. The molecule has 0 heterocycles. The third-order valence-electron chi connectivity index (χ3n) is 11.9. The molecule has 0 saturated heterocycles. The monoisotopic (exact) mass is 1370 g/mol. The first-order valence-electron chi connectivity index (χ1n) is 24.7. The van der Waals surface area contributed by atoms with Crippen molar-refractivity contribution >= 4 is 72.2 Å². The summed E-state index contributed by atoms with van der Waals surface area (Å²) in [7, 11) is 0. The summed E-state index contributed by atoms with van der Waals surface area (Å²) in [6.45, 7) is 8.59. The Morgan fingerprint density at radius 1 is 0.270 bits per heavy atom. The van der Waals surface area contributed by atoms with Gasteiger partial charge in [0.05, 0.1) is 0 Å². The predicted octanol–water partition coefficient (Wildman–Crippen LogP) is 13.7. The first-order chi connectivity index (χ1) is 34.8. The second-order valence-electron chi connectivity index (χ2n) is 18.8. The van der Waals surface area contributed by atoms with Crippen LogP contribution in [0.25, 0.3) is 87.6 Å². The number of hydrogen-bond donors (Lipinski definition) is 0. The second-order valence-corrected chi connectivity index (χ2v) is 63.2. The molecule has 0 saturated carbocycles. The molecule has 12 aromatic carbocycles. The quantitative estimate of drug-likeness (QED) is 0.122. The van der Waals surface area contributed by atoms with Crippen LogP contribution in [-0.4, -0.2) is 29.1 Å². The molecule has 0 amide bonds. The molecule has 0 aliphatic heterocycles. The third kappa shape index (κ3) is 17.6. The number of fused-ring (bicyclic) bond motifs is 4. The van der Waals surface area contributed by atoms with Crippen molar-refractivity contribution in [3.63, 3.8) is 0 Å². The van der Waals surface area contributed by atoms with Crippen LogP contribution < -0.4 is 24.8 Å². The van der Waals surface area contributed by atoms with E-state index in [9.17, 15) is 0 Å². The van der Waals surface area contributed by atoms with Crippen LogP contribution in [0.2, 0.25) is 19.8 Å². The zero-order chi connectivity index (χ0) is 51.0. The molecule has 12 aromatic rings. The average molecular weight is 1370 g/mol. The number of rotatable bonds is 4. The molecule has 368 valence electrons. The summed E-state index contributed by atoms with van der Waals surface area (Å²) >= 11 is 2.76. The maximum atomic E-state index is 2.40. The van der Waals surface area contributed by atoms with E-state index < -0.39 is 29.1 Å². The number of halogens is 2. The van der Waals surface area contributed by atoms with Crippen LogP contribution in [0.1, 0.15) is 22.3 Å². The molecule has 0 N–H and O–H groups in total. The van der Waals surface area contributed by atoms with E-state index >= 15 is 0 Å². The van der Waals surface area contributed by atoms with Gasteiger partial charge >= 0.3 is 88.7 Å². The minimum absolute atomic E-state index is 0. The Hall–Kier alpha value is -3.86. The Morgan fingerprint density at radius 2 is 0.446 bits per heavy atom. The van der Waals surface area contributed by atoms with E-state index in [0.29, 0.717) is 0 Å². The van der Waals surface area contributed by atoms with E-state index in [1.165, 1.54) is 110 Å². The molecule has 0 unspecified atom stereocenters. The molecule has 0 nitrogen and oxygen atoms in total. The van der Waals surface area contributed by atoms with Crippen molar-refractivity contribution in [1.29, 1.82) is 0 Å². The van der Waals surface area contributed by atoms with E-state index in [-0.39, 0.29) is 24.8 Å². The molecule has 74 heavy (non-hydrogen) atoms. The molecule has 0 atom stereocenters. The van der Waals surface area contributed by atoms with E-state index in [1.54, 1.807) is 0 Å². The third-order valence-corrected chi connectivity index (χ3v) is 11.9. The van der Waals surface area contributed by atoms with E-state index in [1.807, 2.05) is 39.8 Å². The van der Waals surface area contributed by atoms with Crippen molar-refractivity contribution < 1.29 is 64.6 Å². The van der Waals surface area contributed by atoms with Gasteiger partial charge in [0.1, 0.15) is 0 Å². The Balaban J connectivity index is 0.000000173. The summed E-state index contributed by atoms with van der Waals surface area (Å²) < 4.78 is 0. The molecule has 0 radical (unpaired) electrons. The summed E-state index contributed by atoms with van der Waals surface area (Å²) in [5, 5.41) is 10.7. The maximum Gasteiger partial charge on any atom is -1.00 e. The fourth-order valence-electron chi connectivity index (χ4n) is 9.02. The Bertz CT molecular complexity index is 3160. The largest absolute Gasteiger partial charge is 1.00 e. The average Bonchev–Trinajstić information content (AvgIpc) is 4.18. The molecule has 0 bridgehead atoms. The van der Waals surface area contributed by atoms with Crippen LogP contribution in [0, 0.1) is 27.7 Å². The molecule has 6 heteroatoms. The molecule has 0 spiro atoms. The molecule has 0 fully saturated rings. The zero-order valence-corrected chi connectivity index (χ0v) is 56.0. The van der Waals surface area contributed by atoms with Crippen LogP contribution >= 0.6 is 0 Å². The summed E-state index contributed by atoms with van der Waals surface area (Å²) in [5.41, 5.74) is 15.8. The Morgan fingerprint density at radius 3 is 0.622 bits per heavy atom. The van der Waals surface area contributed by atoms with Gasteiger partial charge < -0.3 is 24.8 Å². The van der Waals surface area contributed by atoms with Crippen molar-refractivity contribution in [1.82, 2.24) is 0 Å². The van der Waals surface area contributed by atoms with Gasteiger partial charge in [0.2, 0.25) is 0 Å². The topological polar surface area (TPSA) is 0 Å². The fraction of sp³-hybridized carbons (Fsp3) is 0.118. The summed E-state index contributed by atoms with van der Waals surface area (Å²) in [4.78, 5) is 9.61. The van der Waals surface area contributed by atoms with Gasteiger partial charge in [-0.2, -0.15) is 24.3 Å². The van der Waals surface area contributed by atoms with Gasteiger partial charge in [0.15, 0.2) is 0 Å². The van der Waals surface area contributed by atoms with E-state index in [2.05, 4.69) is 290 Å². The van der Waals surface area contributed by atoms with Crippen molar-refractivity contribution in [2.45, 2.75) is 47.5 Å². The van der Waals surface area contributed by atoms with Gasteiger partial charge in [-0.05, 0) is 22.3 Å². The first-order valence-corrected chi connectivity index (χ1v) is 55.5. The van der Waals surface area contributed by atoms with Crippen LogP contribution in [0.15, 0.2) is 243 Å².